The molecule has 3 heterocycles. The maximum absolute atomic E-state index is 5.85. The molecule has 6 heteroatoms. The maximum Gasteiger partial charge on any atom is 0.189 e. The topological polar surface area (TPSA) is 52.3 Å². The molecule has 0 N–H and O–H groups in total. The number of thiophene rings is 1. The Labute approximate surface area is 153 Å². The lowest BCUT2D eigenvalue weighted by Crippen LogP contribution is -1.98. The number of hydrogen-bond acceptors (Lipinski definition) is 5. The summed E-state index contributed by atoms with van der Waals surface area (Å²) in [6.07, 6.45) is 1.69. The number of nitrogens with zero attached hydrogens (tertiary/aromatic N) is 4. The summed E-state index contributed by atoms with van der Waals surface area (Å²) < 4.78 is 7.55. The molecule has 2 aromatic carbocycles. The zero-order valence-corrected chi connectivity index (χ0v) is 14.6. The van der Waals surface area contributed by atoms with Crippen molar-refractivity contribution in [2.24, 2.45) is 0 Å². The van der Waals surface area contributed by atoms with Crippen molar-refractivity contribution in [3.8, 4) is 16.9 Å². The van der Waals surface area contributed by atoms with E-state index < -0.39 is 0 Å². The zero-order valence-electron chi connectivity index (χ0n) is 13.7. The highest BCUT2D eigenvalue weighted by Crippen LogP contribution is 2.23. The first kappa shape index (κ1) is 15.0. The third-order valence-corrected chi connectivity index (χ3v) is 5.00. The minimum Gasteiger partial charge on any atom is -0.486 e. The van der Waals surface area contributed by atoms with Crippen LogP contribution in [0.3, 0.4) is 0 Å². The van der Waals surface area contributed by atoms with Gasteiger partial charge in [-0.05, 0) is 34.7 Å². The highest BCUT2D eigenvalue weighted by molar-refractivity contribution is 7.16. The first-order chi connectivity index (χ1) is 12.9. The molecular weight excluding hydrogens is 344 g/mol. The van der Waals surface area contributed by atoms with Crippen LogP contribution in [-0.4, -0.2) is 19.6 Å². The third-order valence-electron chi connectivity index (χ3n) is 4.17. The van der Waals surface area contributed by atoms with Crippen LogP contribution in [0.25, 0.3) is 27.0 Å². The second kappa shape index (κ2) is 6.24. The van der Waals surface area contributed by atoms with E-state index in [1.54, 1.807) is 22.2 Å². The van der Waals surface area contributed by atoms with Gasteiger partial charge in [-0.15, -0.1) is 16.4 Å². The van der Waals surface area contributed by atoms with E-state index in [0.717, 1.165) is 27.2 Å². The highest BCUT2D eigenvalue weighted by atomic mass is 32.1. The van der Waals surface area contributed by atoms with E-state index in [1.165, 1.54) is 5.56 Å². The van der Waals surface area contributed by atoms with E-state index in [9.17, 15) is 0 Å². The summed E-state index contributed by atoms with van der Waals surface area (Å²) in [6.45, 7) is 0.317. The Morgan fingerprint density at radius 3 is 2.58 bits per heavy atom. The van der Waals surface area contributed by atoms with Crippen LogP contribution >= 0.6 is 11.3 Å². The van der Waals surface area contributed by atoms with E-state index in [1.807, 2.05) is 41.8 Å². The summed E-state index contributed by atoms with van der Waals surface area (Å²) in [5, 5.41) is 7.47. The summed E-state index contributed by atoms with van der Waals surface area (Å²) in [7, 11) is 0. The van der Waals surface area contributed by atoms with Crippen molar-refractivity contribution in [1.82, 2.24) is 19.6 Å². The van der Waals surface area contributed by atoms with Crippen LogP contribution in [-0.2, 0) is 6.61 Å². The van der Waals surface area contributed by atoms with Crippen molar-refractivity contribution in [1.29, 1.82) is 0 Å². The maximum atomic E-state index is 5.85. The van der Waals surface area contributed by atoms with Gasteiger partial charge in [0.25, 0.3) is 0 Å². The van der Waals surface area contributed by atoms with Crippen molar-refractivity contribution >= 4 is 27.2 Å². The molecule has 0 unspecified atom stereocenters. The van der Waals surface area contributed by atoms with Gasteiger partial charge in [0.2, 0.25) is 0 Å². The van der Waals surface area contributed by atoms with Gasteiger partial charge in [-0.2, -0.15) is 0 Å². The lowest BCUT2D eigenvalue weighted by Gasteiger charge is -2.05. The second-order valence-electron chi connectivity index (χ2n) is 5.86. The van der Waals surface area contributed by atoms with Gasteiger partial charge in [-0.1, -0.05) is 42.5 Å². The van der Waals surface area contributed by atoms with E-state index in [4.69, 9.17) is 4.74 Å². The second-order valence-corrected chi connectivity index (χ2v) is 6.75. The summed E-state index contributed by atoms with van der Waals surface area (Å²) in [5.41, 5.74) is 3.16. The quantitative estimate of drug-likeness (QED) is 0.472. The van der Waals surface area contributed by atoms with E-state index in [-0.39, 0.29) is 0 Å². The highest BCUT2D eigenvalue weighted by Gasteiger charge is 2.09. The fraction of sp³-hybridized carbons (Fsp3) is 0.0500. The number of aromatic nitrogens is 4. The molecule has 0 aliphatic heterocycles. The summed E-state index contributed by atoms with van der Waals surface area (Å²) in [4.78, 5) is 9.93. The Morgan fingerprint density at radius 2 is 1.73 bits per heavy atom. The fourth-order valence-corrected chi connectivity index (χ4v) is 3.62. The number of rotatable bonds is 4. The van der Waals surface area contributed by atoms with E-state index >= 15 is 0 Å². The SMILES string of the molecule is c1ccc(-c2ccc(OCc3nc4c5ccsc5ncn4n3)cc2)cc1. The smallest absolute Gasteiger partial charge is 0.189 e. The Balaban J connectivity index is 1.35. The van der Waals surface area contributed by atoms with Gasteiger partial charge in [-0.3, -0.25) is 0 Å². The molecule has 0 radical (unpaired) electrons. The minimum atomic E-state index is 0.317. The van der Waals surface area contributed by atoms with Crippen LogP contribution in [0.4, 0.5) is 0 Å². The lowest BCUT2D eigenvalue weighted by atomic mass is 10.1. The molecule has 0 amide bonds. The van der Waals surface area contributed by atoms with Crippen molar-refractivity contribution < 1.29 is 4.74 Å². The zero-order chi connectivity index (χ0) is 17.3. The predicted octanol–water partition coefficient (Wildman–Crippen LogP) is 4.59. The molecule has 0 aliphatic carbocycles. The first-order valence-electron chi connectivity index (χ1n) is 8.22. The molecule has 0 fully saturated rings. The van der Waals surface area contributed by atoms with E-state index in [0.29, 0.717) is 12.4 Å². The van der Waals surface area contributed by atoms with Gasteiger partial charge in [0.15, 0.2) is 11.5 Å². The van der Waals surface area contributed by atoms with Gasteiger partial charge in [0, 0.05) is 0 Å². The van der Waals surface area contributed by atoms with Gasteiger partial charge < -0.3 is 4.74 Å². The van der Waals surface area contributed by atoms with Crippen LogP contribution in [0.5, 0.6) is 5.75 Å². The molecule has 0 aliphatic rings. The van der Waals surface area contributed by atoms with Crippen molar-refractivity contribution in [2.75, 3.05) is 0 Å². The lowest BCUT2D eigenvalue weighted by molar-refractivity contribution is 0.296. The Kier molecular flexibility index (Phi) is 3.61. The molecular formula is C20H14N4OS. The van der Waals surface area contributed by atoms with Crippen molar-refractivity contribution in [3.05, 3.63) is 78.2 Å². The van der Waals surface area contributed by atoms with Gasteiger partial charge >= 0.3 is 0 Å². The molecule has 5 rings (SSSR count). The Morgan fingerprint density at radius 1 is 0.923 bits per heavy atom. The molecule has 26 heavy (non-hydrogen) atoms. The normalized spacial score (nSPS) is 11.2. The van der Waals surface area contributed by atoms with Crippen molar-refractivity contribution in [3.63, 3.8) is 0 Å². The van der Waals surface area contributed by atoms with E-state index in [2.05, 4.69) is 39.3 Å². The molecule has 3 aromatic heterocycles. The Hall–Kier alpha value is -3.25. The van der Waals surface area contributed by atoms with Gasteiger partial charge in [-0.25, -0.2) is 14.5 Å². The van der Waals surface area contributed by atoms with Crippen LogP contribution < -0.4 is 4.74 Å². The number of benzene rings is 2. The van der Waals surface area contributed by atoms with Crippen LogP contribution in [0, 0.1) is 0 Å². The fourth-order valence-electron chi connectivity index (χ4n) is 2.89. The number of fused-ring (bicyclic) bond motifs is 3. The average molecular weight is 358 g/mol. The number of ether oxygens (including phenoxy) is 1. The Bertz CT molecular complexity index is 1180. The molecule has 126 valence electrons. The first-order valence-corrected chi connectivity index (χ1v) is 9.10. The summed E-state index contributed by atoms with van der Waals surface area (Å²) >= 11 is 1.60. The van der Waals surface area contributed by atoms with Crippen LogP contribution in [0.1, 0.15) is 5.82 Å². The van der Waals surface area contributed by atoms with Crippen LogP contribution in [0.15, 0.2) is 72.4 Å². The van der Waals surface area contributed by atoms with Gasteiger partial charge in [0.1, 0.15) is 23.5 Å². The standard InChI is InChI=1S/C20H14N4OS/c1-2-4-14(5-3-1)15-6-8-16(9-7-15)25-12-18-22-19-17-10-11-26-20(17)21-13-24(19)23-18/h1-11,13H,12H2. The predicted molar refractivity (Wildman–Crippen MR) is 102 cm³/mol. The minimum absolute atomic E-state index is 0.317. The molecule has 0 spiro atoms. The monoisotopic (exact) mass is 358 g/mol. The molecule has 5 nitrogen and oxygen atoms in total. The molecule has 0 saturated heterocycles. The molecule has 0 saturated carbocycles. The number of hydrogen-bond donors (Lipinski definition) is 0. The molecule has 0 bridgehead atoms. The summed E-state index contributed by atoms with van der Waals surface area (Å²) in [5.74, 6) is 1.43. The molecule has 0 atom stereocenters. The average Bonchev–Trinajstić information content (AvgIpc) is 3.33. The van der Waals surface area contributed by atoms with Crippen LogP contribution in [0.2, 0.25) is 0 Å². The van der Waals surface area contributed by atoms with Crippen molar-refractivity contribution in [2.45, 2.75) is 6.61 Å². The van der Waals surface area contributed by atoms with Gasteiger partial charge in [0.05, 0.1) is 5.39 Å². The third kappa shape index (κ3) is 2.70. The largest absolute Gasteiger partial charge is 0.486 e. The summed E-state index contributed by atoms with van der Waals surface area (Å²) in [6, 6.07) is 20.3. The molecule has 5 aromatic rings.